The molecular weight excluding hydrogens is 598 g/mol. The van der Waals surface area contributed by atoms with Gasteiger partial charge in [0, 0.05) is 9.50 Å². The first kappa shape index (κ1) is 25.2. The number of carbonyl (C=O) groups is 2. The number of rotatable bonds is 6. The summed E-state index contributed by atoms with van der Waals surface area (Å²) in [7, 11) is 0. The molecule has 2 amide bonds. The lowest BCUT2D eigenvalue weighted by atomic mass is 10.1. The minimum atomic E-state index is -0.487. The Morgan fingerprint density at radius 2 is 1.64 bits per heavy atom. The molecular formula is C22H18Br2ClN3O4S. The summed E-state index contributed by atoms with van der Waals surface area (Å²) in [5.74, 6) is 0.0818. The van der Waals surface area contributed by atoms with Crippen LogP contribution in [0.3, 0.4) is 0 Å². The summed E-state index contributed by atoms with van der Waals surface area (Å²) in [6, 6.07) is 14.6. The highest BCUT2D eigenvalue weighted by Gasteiger charge is 2.11. The number of amides is 2. The highest BCUT2D eigenvalue weighted by atomic mass is 79.9. The van der Waals surface area contributed by atoms with Crippen molar-refractivity contribution in [3.8, 4) is 11.5 Å². The molecule has 0 aliphatic rings. The third-order valence-electron chi connectivity index (χ3n) is 4.30. The number of hydrogen-bond donors (Lipinski definition) is 3. The monoisotopic (exact) mass is 613 g/mol. The predicted octanol–water partition coefficient (Wildman–Crippen LogP) is 4.81. The molecule has 3 N–H and O–H groups in total. The van der Waals surface area contributed by atoms with Crippen LogP contribution in [-0.4, -0.2) is 30.1 Å². The molecule has 0 aliphatic heterocycles. The molecule has 0 spiro atoms. The maximum absolute atomic E-state index is 12.1. The third kappa shape index (κ3) is 7.29. The summed E-state index contributed by atoms with van der Waals surface area (Å²) >= 11 is 17.8. The number of benzene rings is 3. The second-order valence-corrected chi connectivity index (χ2v) is 9.33. The van der Waals surface area contributed by atoms with Gasteiger partial charge in [-0.15, -0.1) is 0 Å². The Kier molecular flexibility index (Phi) is 8.90. The van der Waals surface area contributed by atoms with Gasteiger partial charge in [-0.2, -0.15) is 0 Å². The summed E-state index contributed by atoms with van der Waals surface area (Å²) in [5.41, 5.74) is 5.61. The van der Waals surface area contributed by atoms with Crippen LogP contribution in [0.2, 0.25) is 5.02 Å². The maximum atomic E-state index is 12.1. The summed E-state index contributed by atoms with van der Waals surface area (Å²) in [5, 5.41) is 4.88. The predicted molar refractivity (Wildman–Crippen MR) is 139 cm³/mol. The average Bonchev–Trinajstić information content (AvgIpc) is 2.76. The van der Waals surface area contributed by atoms with Crippen LogP contribution in [0.15, 0.2) is 57.5 Å². The van der Waals surface area contributed by atoms with Crippen molar-refractivity contribution >= 4 is 83.4 Å². The van der Waals surface area contributed by atoms with Crippen molar-refractivity contribution in [1.82, 2.24) is 16.2 Å². The van der Waals surface area contributed by atoms with E-state index in [0.717, 1.165) is 25.3 Å². The SMILES string of the molecule is Cc1cc(Cl)ccc1OCC(=O)NC(=S)NNC(=O)COc1ccc2cc(Br)ccc2c1Br. The number of ether oxygens (including phenoxy) is 2. The lowest BCUT2D eigenvalue weighted by Gasteiger charge is -2.13. The number of hydrogen-bond acceptors (Lipinski definition) is 5. The fraction of sp³-hybridized carbons (Fsp3) is 0.136. The van der Waals surface area contributed by atoms with E-state index < -0.39 is 11.8 Å². The van der Waals surface area contributed by atoms with Crippen molar-refractivity contribution < 1.29 is 19.1 Å². The summed E-state index contributed by atoms with van der Waals surface area (Å²) in [6.07, 6.45) is 0. The first-order chi connectivity index (χ1) is 15.7. The Morgan fingerprint density at radius 1 is 0.939 bits per heavy atom. The minimum absolute atomic E-state index is 0.0813. The van der Waals surface area contributed by atoms with Crippen molar-refractivity contribution in [2.75, 3.05) is 13.2 Å². The van der Waals surface area contributed by atoms with Crippen molar-refractivity contribution in [1.29, 1.82) is 0 Å². The van der Waals surface area contributed by atoms with Crippen molar-refractivity contribution in [3.63, 3.8) is 0 Å². The van der Waals surface area contributed by atoms with Gasteiger partial charge in [-0.3, -0.25) is 25.8 Å². The summed E-state index contributed by atoms with van der Waals surface area (Å²) in [6.45, 7) is 1.30. The maximum Gasteiger partial charge on any atom is 0.276 e. The molecule has 0 heterocycles. The van der Waals surface area contributed by atoms with Gasteiger partial charge in [-0.05, 0) is 87.8 Å². The highest BCUT2D eigenvalue weighted by Crippen LogP contribution is 2.34. The first-order valence-electron chi connectivity index (χ1n) is 9.51. The average molecular weight is 616 g/mol. The van der Waals surface area contributed by atoms with Gasteiger partial charge < -0.3 is 9.47 Å². The molecule has 7 nitrogen and oxygen atoms in total. The van der Waals surface area contributed by atoms with Crippen LogP contribution in [0.4, 0.5) is 0 Å². The topological polar surface area (TPSA) is 88.7 Å². The molecule has 0 saturated carbocycles. The van der Waals surface area contributed by atoms with Gasteiger partial charge in [0.1, 0.15) is 11.5 Å². The normalized spacial score (nSPS) is 10.4. The number of carbonyl (C=O) groups excluding carboxylic acids is 2. The molecule has 172 valence electrons. The molecule has 0 unspecified atom stereocenters. The Morgan fingerprint density at radius 3 is 2.39 bits per heavy atom. The molecule has 0 fully saturated rings. The van der Waals surface area contributed by atoms with Crippen LogP contribution in [0.1, 0.15) is 5.56 Å². The molecule has 11 heteroatoms. The van der Waals surface area contributed by atoms with E-state index in [9.17, 15) is 9.59 Å². The number of thiocarbonyl (C=S) groups is 1. The molecule has 3 rings (SSSR count). The molecule has 0 atom stereocenters. The van der Waals surface area contributed by atoms with E-state index in [2.05, 4.69) is 48.0 Å². The van der Waals surface area contributed by atoms with E-state index in [-0.39, 0.29) is 18.3 Å². The van der Waals surface area contributed by atoms with E-state index in [1.54, 1.807) is 24.3 Å². The smallest absolute Gasteiger partial charge is 0.276 e. The lowest BCUT2D eigenvalue weighted by molar-refractivity contribution is -0.124. The molecule has 0 radical (unpaired) electrons. The Bertz CT molecular complexity index is 1230. The molecule has 3 aromatic carbocycles. The Labute approximate surface area is 217 Å². The van der Waals surface area contributed by atoms with Gasteiger partial charge in [0.25, 0.3) is 11.8 Å². The van der Waals surface area contributed by atoms with Crippen LogP contribution in [0, 0.1) is 6.92 Å². The number of fused-ring (bicyclic) bond motifs is 1. The van der Waals surface area contributed by atoms with E-state index in [4.69, 9.17) is 33.3 Å². The molecule has 3 aromatic rings. The fourth-order valence-electron chi connectivity index (χ4n) is 2.77. The molecule has 0 aliphatic carbocycles. The van der Waals surface area contributed by atoms with Gasteiger partial charge in [-0.1, -0.05) is 39.7 Å². The van der Waals surface area contributed by atoms with Crippen molar-refractivity contribution in [3.05, 3.63) is 68.1 Å². The molecule has 0 saturated heterocycles. The minimum Gasteiger partial charge on any atom is -0.483 e. The van der Waals surface area contributed by atoms with Crippen molar-refractivity contribution in [2.24, 2.45) is 0 Å². The standard InChI is InChI=1S/C22H18Br2ClN3O4S/c1-12-8-15(25)4-7-17(12)31-10-19(29)26-22(33)28-27-20(30)11-32-18-6-2-13-9-14(23)3-5-16(13)21(18)24/h2-9H,10-11H2,1H3,(H,27,30)(H2,26,28,29,33). The van der Waals surface area contributed by atoms with E-state index >= 15 is 0 Å². The van der Waals surface area contributed by atoms with Gasteiger partial charge in [-0.25, -0.2) is 0 Å². The summed E-state index contributed by atoms with van der Waals surface area (Å²) in [4.78, 5) is 24.1. The number of halogens is 3. The van der Waals surface area contributed by atoms with E-state index in [1.165, 1.54) is 0 Å². The molecule has 0 aromatic heterocycles. The Balaban J connectivity index is 1.41. The zero-order valence-corrected chi connectivity index (χ0v) is 22.0. The fourth-order valence-corrected chi connectivity index (χ4v) is 4.15. The number of aryl methyl sites for hydroxylation is 1. The van der Waals surface area contributed by atoms with Crippen LogP contribution in [0.5, 0.6) is 11.5 Å². The second-order valence-electron chi connectivity index (χ2n) is 6.78. The number of hydrazine groups is 1. The third-order valence-corrected chi connectivity index (χ3v) is 6.05. The van der Waals surface area contributed by atoms with Crippen molar-refractivity contribution in [2.45, 2.75) is 6.92 Å². The highest BCUT2D eigenvalue weighted by molar-refractivity contribution is 9.11. The number of nitrogens with one attached hydrogen (secondary N) is 3. The van der Waals surface area contributed by atoms with E-state index in [1.807, 2.05) is 31.2 Å². The van der Waals surface area contributed by atoms with Crippen LogP contribution in [0.25, 0.3) is 10.8 Å². The largest absolute Gasteiger partial charge is 0.483 e. The molecule has 0 bridgehead atoms. The van der Waals surface area contributed by atoms with Gasteiger partial charge >= 0.3 is 0 Å². The first-order valence-corrected chi connectivity index (χ1v) is 11.9. The van der Waals surface area contributed by atoms with Gasteiger partial charge in [0.05, 0.1) is 4.47 Å². The molecule has 33 heavy (non-hydrogen) atoms. The second kappa shape index (κ2) is 11.6. The Hall–Kier alpha value is -2.40. The van der Waals surface area contributed by atoms with Gasteiger partial charge in [0.15, 0.2) is 18.3 Å². The zero-order valence-electron chi connectivity index (χ0n) is 17.2. The quantitative estimate of drug-likeness (QED) is 0.273. The van der Waals surface area contributed by atoms with E-state index in [0.29, 0.717) is 16.5 Å². The zero-order chi connectivity index (χ0) is 24.0. The van der Waals surface area contributed by atoms with Crippen LogP contribution < -0.4 is 25.6 Å². The summed E-state index contributed by atoms with van der Waals surface area (Å²) < 4.78 is 12.7. The van der Waals surface area contributed by atoms with Gasteiger partial charge in [0.2, 0.25) is 0 Å². The van der Waals surface area contributed by atoms with Crippen LogP contribution >= 0.6 is 55.7 Å². The van der Waals surface area contributed by atoms with Crippen LogP contribution in [-0.2, 0) is 9.59 Å². The lowest BCUT2D eigenvalue weighted by Crippen LogP contribution is -2.50.